The summed E-state index contributed by atoms with van der Waals surface area (Å²) in [5.41, 5.74) is 3.19. The third-order valence-electron chi connectivity index (χ3n) is 4.79. The molecule has 6 nitrogen and oxygen atoms in total. The zero-order valence-electron chi connectivity index (χ0n) is 16.2. The van der Waals surface area contributed by atoms with Gasteiger partial charge in [-0.05, 0) is 43.7 Å². The number of carbonyl (C=O) groups is 2. The zero-order chi connectivity index (χ0) is 20.5. The summed E-state index contributed by atoms with van der Waals surface area (Å²) in [7, 11) is 0. The van der Waals surface area contributed by atoms with E-state index in [0.717, 1.165) is 34.8 Å². The number of carbonyl (C=O) groups excluding carboxylic acids is 2. The molecule has 150 valence electrons. The summed E-state index contributed by atoms with van der Waals surface area (Å²) in [5, 5.41) is 3.82. The molecule has 29 heavy (non-hydrogen) atoms. The first kappa shape index (κ1) is 19.8. The van der Waals surface area contributed by atoms with Gasteiger partial charge in [0.25, 0.3) is 0 Å². The molecule has 1 aliphatic heterocycles. The summed E-state index contributed by atoms with van der Waals surface area (Å²) in [5.74, 6) is -0.312. The van der Waals surface area contributed by atoms with Crippen molar-refractivity contribution in [2.45, 2.75) is 37.2 Å². The number of amides is 2. The van der Waals surface area contributed by atoms with E-state index in [2.05, 4.69) is 16.8 Å². The Morgan fingerprint density at radius 2 is 2.10 bits per heavy atom. The molecular formula is C21H21ClN4O2S. The van der Waals surface area contributed by atoms with E-state index >= 15 is 0 Å². The summed E-state index contributed by atoms with van der Waals surface area (Å²) < 4.78 is 2.12. The summed E-state index contributed by atoms with van der Waals surface area (Å²) in [6.45, 7) is 4.77. The summed E-state index contributed by atoms with van der Waals surface area (Å²) in [6, 6.07) is 13.0. The van der Waals surface area contributed by atoms with Crippen LogP contribution in [0.2, 0.25) is 5.02 Å². The van der Waals surface area contributed by atoms with E-state index in [1.54, 1.807) is 11.0 Å². The molecule has 1 N–H and O–H groups in total. The number of anilines is 2. The Hall–Kier alpha value is -2.51. The van der Waals surface area contributed by atoms with E-state index in [0.29, 0.717) is 10.7 Å². The van der Waals surface area contributed by atoms with Crippen LogP contribution in [0.15, 0.2) is 47.6 Å². The average molecular weight is 429 g/mol. The number of nitrogens with zero attached hydrogens (tertiary/aromatic N) is 3. The van der Waals surface area contributed by atoms with Crippen LogP contribution in [0.1, 0.15) is 20.3 Å². The minimum Gasteiger partial charge on any atom is -0.323 e. The van der Waals surface area contributed by atoms with Crippen molar-refractivity contribution in [3.8, 4) is 0 Å². The molecule has 8 heteroatoms. The molecule has 2 amide bonds. The first-order valence-corrected chi connectivity index (χ1v) is 10.8. The van der Waals surface area contributed by atoms with Crippen molar-refractivity contribution in [1.29, 1.82) is 0 Å². The fraction of sp³-hybridized carbons (Fsp3) is 0.286. The fourth-order valence-electron chi connectivity index (χ4n) is 3.47. The van der Waals surface area contributed by atoms with Gasteiger partial charge in [0.1, 0.15) is 6.54 Å². The van der Waals surface area contributed by atoms with Crippen LogP contribution < -0.4 is 10.2 Å². The molecule has 2 aromatic carbocycles. The quantitative estimate of drug-likeness (QED) is 0.604. The number of fused-ring (bicyclic) bond motifs is 2. The SMILES string of the molecule is CCCn1c(S[C@@H](C)C(=O)N2CC(=O)Nc3ccccc32)nc2cc(Cl)ccc21. The van der Waals surface area contributed by atoms with Gasteiger partial charge in [-0.25, -0.2) is 4.98 Å². The highest BCUT2D eigenvalue weighted by atomic mass is 35.5. The van der Waals surface area contributed by atoms with Crippen molar-refractivity contribution >= 4 is 57.6 Å². The monoisotopic (exact) mass is 428 g/mol. The molecule has 1 aliphatic rings. The molecule has 2 heterocycles. The normalized spacial score (nSPS) is 14.6. The molecule has 0 radical (unpaired) electrons. The molecule has 0 saturated carbocycles. The van der Waals surface area contributed by atoms with Crippen LogP contribution in [0.25, 0.3) is 11.0 Å². The second-order valence-corrected chi connectivity index (χ2v) is 8.67. The lowest BCUT2D eigenvalue weighted by atomic mass is 10.2. The topological polar surface area (TPSA) is 67.2 Å². The Morgan fingerprint density at radius 1 is 1.31 bits per heavy atom. The Balaban J connectivity index is 1.63. The average Bonchev–Trinajstić information content (AvgIpc) is 3.03. The maximum atomic E-state index is 13.2. The Bertz CT molecular complexity index is 1100. The van der Waals surface area contributed by atoms with Crippen LogP contribution in [0, 0.1) is 0 Å². The smallest absolute Gasteiger partial charge is 0.244 e. The van der Waals surface area contributed by atoms with E-state index in [1.807, 2.05) is 43.3 Å². The standard InChI is InChI=1S/C21H21ClN4O2S/c1-3-10-25-18-9-8-14(22)11-16(18)24-21(25)29-13(2)20(28)26-12-19(27)23-15-6-4-5-7-17(15)26/h4-9,11,13H,3,10,12H2,1-2H3,(H,23,27)/t13-/m0/s1. The number of para-hydroxylation sites is 2. The highest BCUT2D eigenvalue weighted by Crippen LogP contribution is 2.33. The molecule has 0 unspecified atom stereocenters. The number of hydrogen-bond acceptors (Lipinski definition) is 4. The van der Waals surface area contributed by atoms with E-state index in [1.165, 1.54) is 11.8 Å². The molecule has 0 aliphatic carbocycles. The van der Waals surface area contributed by atoms with Gasteiger partial charge >= 0.3 is 0 Å². The van der Waals surface area contributed by atoms with E-state index in [-0.39, 0.29) is 18.4 Å². The number of imidazole rings is 1. The van der Waals surface area contributed by atoms with Crippen LogP contribution in [0.3, 0.4) is 0 Å². The molecule has 1 aromatic heterocycles. The summed E-state index contributed by atoms with van der Waals surface area (Å²) in [6.07, 6.45) is 0.948. The molecule has 0 spiro atoms. The summed E-state index contributed by atoms with van der Waals surface area (Å²) >= 11 is 7.53. The van der Waals surface area contributed by atoms with Gasteiger partial charge in [-0.15, -0.1) is 0 Å². The van der Waals surface area contributed by atoms with E-state index in [4.69, 9.17) is 16.6 Å². The van der Waals surface area contributed by atoms with Crippen molar-refractivity contribution in [2.24, 2.45) is 0 Å². The van der Waals surface area contributed by atoms with Crippen molar-refractivity contribution in [3.63, 3.8) is 0 Å². The van der Waals surface area contributed by atoms with Gasteiger partial charge in [-0.2, -0.15) is 0 Å². The number of aromatic nitrogens is 2. The molecular weight excluding hydrogens is 408 g/mol. The van der Waals surface area contributed by atoms with Gasteiger partial charge in [0.15, 0.2) is 5.16 Å². The number of rotatable bonds is 5. The fourth-order valence-corrected chi connectivity index (χ4v) is 4.65. The first-order valence-electron chi connectivity index (χ1n) is 9.50. The minimum absolute atomic E-state index is 0.0156. The van der Waals surface area contributed by atoms with Crippen LogP contribution in [-0.4, -0.2) is 33.2 Å². The highest BCUT2D eigenvalue weighted by Gasteiger charge is 2.31. The van der Waals surface area contributed by atoms with Gasteiger partial charge in [0.2, 0.25) is 11.8 Å². The number of hydrogen-bond donors (Lipinski definition) is 1. The largest absolute Gasteiger partial charge is 0.323 e. The molecule has 3 aromatic rings. The van der Waals surface area contributed by atoms with Crippen molar-refractivity contribution in [3.05, 3.63) is 47.5 Å². The molecule has 0 saturated heterocycles. The first-order chi connectivity index (χ1) is 14.0. The molecule has 0 fully saturated rings. The van der Waals surface area contributed by atoms with Gasteiger partial charge in [0.05, 0.1) is 27.7 Å². The predicted molar refractivity (Wildman–Crippen MR) is 118 cm³/mol. The Kier molecular flexibility index (Phi) is 5.52. The lowest BCUT2D eigenvalue weighted by Gasteiger charge is -2.30. The number of nitrogens with one attached hydrogen (secondary N) is 1. The molecule has 1 atom stereocenters. The van der Waals surface area contributed by atoms with Gasteiger partial charge in [0, 0.05) is 11.6 Å². The van der Waals surface area contributed by atoms with E-state index in [9.17, 15) is 9.59 Å². The summed E-state index contributed by atoms with van der Waals surface area (Å²) in [4.78, 5) is 31.5. The second-order valence-electron chi connectivity index (χ2n) is 6.93. The number of aryl methyl sites for hydroxylation is 1. The van der Waals surface area contributed by atoms with Crippen molar-refractivity contribution in [1.82, 2.24) is 9.55 Å². The maximum absolute atomic E-state index is 13.2. The van der Waals surface area contributed by atoms with Crippen LogP contribution in [0.4, 0.5) is 11.4 Å². The van der Waals surface area contributed by atoms with Crippen molar-refractivity contribution in [2.75, 3.05) is 16.8 Å². The van der Waals surface area contributed by atoms with Crippen LogP contribution in [-0.2, 0) is 16.1 Å². The van der Waals surface area contributed by atoms with Gasteiger partial charge in [-0.1, -0.05) is 42.4 Å². The van der Waals surface area contributed by atoms with Crippen LogP contribution in [0.5, 0.6) is 0 Å². The molecule has 0 bridgehead atoms. The second kappa shape index (κ2) is 8.08. The van der Waals surface area contributed by atoms with Gasteiger partial charge in [-0.3, -0.25) is 14.5 Å². The maximum Gasteiger partial charge on any atom is 0.244 e. The number of benzene rings is 2. The Morgan fingerprint density at radius 3 is 2.90 bits per heavy atom. The number of thioether (sulfide) groups is 1. The molecule has 4 rings (SSSR count). The minimum atomic E-state index is -0.406. The third-order valence-corrected chi connectivity index (χ3v) is 6.10. The number of halogens is 1. The predicted octanol–water partition coefficient (Wildman–Crippen LogP) is 4.57. The lowest BCUT2D eigenvalue weighted by molar-refractivity contribution is -0.121. The zero-order valence-corrected chi connectivity index (χ0v) is 17.8. The highest BCUT2D eigenvalue weighted by molar-refractivity contribution is 8.00. The lowest BCUT2D eigenvalue weighted by Crippen LogP contribution is -2.45. The van der Waals surface area contributed by atoms with E-state index < -0.39 is 5.25 Å². The van der Waals surface area contributed by atoms with Crippen LogP contribution >= 0.6 is 23.4 Å². The van der Waals surface area contributed by atoms with Crippen molar-refractivity contribution < 1.29 is 9.59 Å². The Labute approximate surface area is 178 Å². The van der Waals surface area contributed by atoms with Gasteiger partial charge < -0.3 is 9.88 Å². The third kappa shape index (κ3) is 3.84.